The topological polar surface area (TPSA) is 63.1 Å². The quantitative estimate of drug-likeness (QED) is 0.800. The maximum atomic E-state index is 13.1. The second-order valence-corrected chi connectivity index (χ2v) is 6.17. The van der Waals surface area contributed by atoms with Crippen LogP contribution >= 0.6 is 0 Å². The van der Waals surface area contributed by atoms with E-state index in [4.69, 9.17) is 4.74 Å². The van der Waals surface area contributed by atoms with Crippen LogP contribution in [0.5, 0.6) is 0 Å². The second kappa shape index (κ2) is 6.57. The first-order chi connectivity index (χ1) is 12.2. The highest BCUT2D eigenvalue weighted by Crippen LogP contribution is 2.26. The lowest BCUT2D eigenvalue weighted by Gasteiger charge is -2.35. The average Bonchev–Trinajstić information content (AvgIpc) is 3.31. The number of nitrogens with zero attached hydrogens (tertiary/aromatic N) is 3. The van der Waals surface area contributed by atoms with E-state index in [1.807, 2.05) is 71.2 Å². The van der Waals surface area contributed by atoms with Gasteiger partial charge in [-0.3, -0.25) is 9.89 Å². The Hall–Kier alpha value is -2.86. The third kappa shape index (κ3) is 2.96. The standard InChI is InChI=1S/C19H20N4O2/c1-22-9-5-8-17(22)18-13-25-11-10-23(18)19(24)16-12-15(20-21-16)14-6-3-2-4-7-14/h2-9,12,18H,10-11,13H2,1H3,(H,20,21)/t18-/m0/s1. The first kappa shape index (κ1) is 15.7. The molecular formula is C19H20N4O2. The van der Waals surface area contributed by atoms with Crippen LogP contribution in [0.1, 0.15) is 22.2 Å². The number of rotatable bonds is 3. The van der Waals surface area contributed by atoms with Gasteiger partial charge in [-0.1, -0.05) is 30.3 Å². The zero-order chi connectivity index (χ0) is 17.2. The first-order valence-corrected chi connectivity index (χ1v) is 8.35. The zero-order valence-corrected chi connectivity index (χ0v) is 14.1. The van der Waals surface area contributed by atoms with Gasteiger partial charge >= 0.3 is 0 Å². The van der Waals surface area contributed by atoms with Crippen molar-refractivity contribution in [3.63, 3.8) is 0 Å². The van der Waals surface area contributed by atoms with E-state index < -0.39 is 0 Å². The van der Waals surface area contributed by atoms with Crippen molar-refractivity contribution < 1.29 is 9.53 Å². The van der Waals surface area contributed by atoms with E-state index in [0.717, 1.165) is 17.0 Å². The molecule has 6 heteroatoms. The van der Waals surface area contributed by atoms with Gasteiger partial charge in [0.25, 0.3) is 5.91 Å². The van der Waals surface area contributed by atoms with Crippen LogP contribution in [0.2, 0.25) is 0 Å². The number of hydrogen-bond donors (Lipinski definition) is 1. The number of ether oxygens (including phenoxy) is 1. The molecule has 128 valence electrons. The summed E-state index contributed by atoms with van der Waals surface area (Å²) in [4.78, 5) is 14.9. The van der Waals surface area contributed by atoms with Crippen LogP contribution in [0.3, 0.4) is 0 Å². The van der Waals surface area contributed by atoms with Crippen LogP contribution in [0, 0.1) is 0 Å². The molecule has 2 aromatic heterocycles. The molecule has 1 atom stereocenters. The summed E-state index contributed by atoms with van der Waals surface area (Å²) in [5, 5.41) is 7.19. The number of carbonyl (C=O) groups excluding carboxylic acids is 1. The summed E-state index contributed by atoms with van der Waals surface area (Å²) < 4.78 is 7.65. The largest absolute Gasteiger partial charge is 0.377 e. The number of H-pyrrole nitrogens is 1. The summed E-state index contributed by atoms with van der Waals surface area (Å²) in [5.74, 6) is -0.0517. The third-order valence-corrected chi connectivity index (χ3v) is 4.59. The molecular weight excluding hydrogens is 316 g/mol. The van der Waals surface area contributed by atoms with Gasteiger partial charge in [-0.2, -0.15) is 5.10 Å². The number of nitrogens with one attached hydrogen (secondary N) is 1. The van der Waals surface area contributed by atoms with Gasteiger partial charge in [-0.25, -0.2) is 0 Å². The lowest BCUT2D eigenvalue weighted by atomic mass is 10.1. The molecule has 0 spiro atoms. The van der Waals surface area contributed by atoms with Gasteiger partial charge in [0.05, 0.1) is 24.9 Å². The summed E-state index contributed by atoms with van der Waals surface area (Å²) >= 11 is 0. The van der Waals surface area contributed by atoms with E-state index in [2.05, 4.69) is 10.2 Å². The Morgan fingerprint density at radius 1 is 1.24 bits per heavy atom. The van der Waals surface area contributed by atoms with Gasteiger partial charge in [0.15, 0.2) is 0 Å². The molecule has 1 saturated heterocycles. The van der Waals surface area contributed by atoms with Crippen molar-refractivity contribution in [2.75, 3.05) is 19.8 Å². The Balaban J connectivity index is 1.61. The zero-order valence-electron chi connectivity index (χ0n) is 14.1. The lowest BCUT2D eigenvalue weighted by molar-refractivity contribution is -0.00494. The molecule has 3 heterocycles. The van der Waals surface area contributed by atoms with Gasteiger partial charge < -0.3 is 14.2 Å². The van der Waals surface area contributed by atoms with Crippen molar-refractivity contribution >= 4 is 5.91 Å². The van der Waals surface area contributed by atoms with E-state index >= 15 is 0 Å². The number of carbonyl (C=O) groups is 1. The number of morpholine rings is 1. The molecule has 6 nitrogen and oxygen atoms in total. The van der Waals surface area contributed by atoms with Crippen molar-refractivity contribution in [2.24, 2.45) is 7.05 Å². The molecule has 1 N–H and O–H groups in total. The number of aromatic amines is 1. The van der Waals surface area contributed by atoms with Gasteiger partial charge in [0, 0.05) is 31.0 Å². The van der Waals surface area contributed by atoms with Crippen molar-refractivity contribution in [1.82, 2.24) is 19.7 Å². The molecule has 1 fully saturated rings. The summed E-state index contributed by atoms with van der Waals surface area (Å²) in [6.07, 6.45) is 1.98. The second-order valence-electron chi connectivity index (χ2n) is 6.17. The smallest absolute Gasteiger partial charge is 0.272 e. The first-order valence-electron chi connectivity index (χ1n) is 8.35. The molecule has 0 bridgehead atoms. The van der Waals surface area contributed by atoms with E-state index in [0.29, 0.717) is 25.5 Å². The summed E-state index contributed by atoms with van der Waals surface area (Å²) in [6.45, 7) is 1.62. The highest BCUT2D eigenvalue weighted by atomic mass is 16.5. The predicted molar refractivity (Wildman–Crippen MR) is 94.0 cm³/mol. The number of aromatic nitrogens is 3. The van der Waals surface area contributed by atoms with Crippen molar-refractivity contribution in [2.45, 2.75) is 6.04 Å². The van der Waals surface area contributed by atoms with E-state index in [1.165, 1.54) is 0 Å². The fourth-order valence-corrected chi connectivity index (χ4v) is 3.26. The van der Waals surface area contributed by atoms with Crippen LogP contribution in [-0.4, -0.2) is 45.3 Å². The predicted octanol–water partition coefficient (Wildman–Crippen LogP) is 2.63. The molecule has 1 aliphatic heterocycles. The fraction of sp³-hybridized carbons (Fsp3) is 0.263. The highest BCUT2D eigenvalue weighted by Gasteiger charge is 2.31. The molecule has 0 radical (unpaired) electrons. The monoisotopic (exact) mass is 336 g/mol. The lowest BCUT2D eigenvalue weighted by Crippen LogP contribution is -2.44. The van der Waals surface area contributed by atoms with Crippen LogP contribution in [0.25, 0.3) is 11.3 Å². The molecule has 1 aromatic carbocycles. The number of hydrogen-bond acceptors (Lipinski definition) is 3. The Morgan fingerprint density at radius 2 is 2.08 bits per heavy atom. The maximum Gasteiger partial charge on any atom is 0.272 e. The van der Waals surface area contributed by atoms with Gasteiger partial charge in [0.2, 0.25) is 0 Å². The van der Waals surface area contributed by atoms with Gasteiger partial charge in [-0.15, -0.1) is 0 Å². The molecule has 4 rings (SSSR count). The van der Waals surface area contributed by atoms with Gasteiger partial charge in [-0.05, 0) is 18.2 Å². The van der Waals surface area contributed by atoms with E-state index in [-0.39, 0.29) is 11.9 Å². The fourth-order valence-electron chi connectivity index (χ4n) is 3.26. The van der Waals surface area contributed by atoms with Crippen molar-refractivity contribution in [1.29, 1.82) is 0 Å². The number of aryl methyl sites for hydroxylation is 1. The normalized spacial score (nSPS) is 17.6. The van der Waals surface area contributed by atoms with Crippen LogP contribution in [-0.2, 0) is 11.8 Å². The Bertz CT molecular complexity index is 868. The molecule has 1 amide bonds. The Kier molecular flexibility index (Phi) is 4.11. The molecule has 0 saturated carbocycles. The minimum absolute atomic E-state index is 0.0517. The van der Waals surface area contributed by atoms with Crippen molar-refractivity contribution in [3.8, 4) is 11.3 Å². The summed E-state index contributed by atoms with van der Waals surface area (Å²) in [6, 6.07) is 15.6. The number of amides is 1. The van der Waals surface area contributed by atoms with E-state index in [9.17, 15) is 4.79 Å². The van der Waals surface area contributed by atoms with Crippen molar-refractivity contribution in [3.05, 3.63) is 66.1 Å². The molecule has 25 heavy (non-hydrogen) atoms. The SMILES string of the molecule is Cn1cccc1[C@@H]1COCCN1C(=O)c1cc(-c2ccccc2)n[nH]1. The third-order valence-electron chi connectivity index (χ3n) is 4.59. The highest BCUT2D eigenvalue weighted by molar-refractivity contribution is 5.93. The molecule has 1 aliphatic rings. The number of benzene rings is 1. The molecule has 3 aromatic rings. The average molecular weight is 336 g/mol. The molecule has 0 unspecified atom stereocenters. The Labute approximate surface area is 146 Å². The minimum Gasteiger partial charge on any atom is -0.377 e. The maximum absolute atomic E-state index is 13.1. The van der Waals surface area contributed by atoms with Crippen LogP contribution in [0.15, 0.2) is 54.7 Å². The minimum atomic E-state index is -0.0928. The van der Waals surface area contributed by atoms with Gasteiger partial charge in [0.1, 0.15) is 5.69 Å². The van der Waals surface area contributed by atoms with Crippen LogP contribution in [0.4, 0.5) is 0 Å². The van der Waals surface area contributed by atoms with Crippen LogP contribution < -0.4 is 0 Å². The molecule has 0 aliphatic carbocycles. The summed E-state index contributed by atoms with van der Waals surface area (Å²) in [5.41, 5.74) is 3.32. The Morgan fingerprint density at radius 3 is 2.84 bits per heavy atom. The summed E-state index contributed by atoms with van der Waals surface area (Å²) in [7, 11) is 1.98. The van der Waals surface area contributed by atoms with E-state index in [1.54, 1.807) is 0 Å².